The quantitative estimate of drug-likeness (QED) is 0.834. The van der Waals surface area contributed by atoms with Gasteiger partial charge in [-0.1, -0.05) is 36.4 Å². The summed E-state index contributed by atoms with van der Waals surface area (Å²) in [5.74, 6) is 0.143. The van der Waals surface area contributed by atoms with Crippen LogP contribution in [0.1, 0.15) is 36.1 Å². The van der Waals surface area contributed by atoms with Crippen LogP contribution in [0.2, 0.25) is 0 Å². The van der Waals surface area contributed by atoms with E-state index in [0.717, 1.165) is 30.7 Å². The van der Waals surface area contributed by atoms with Gasteiger partial charge in [0.2, 0.25) is 0 Å². The Kier molecular flexibility index (Phi) is 3.15. The monoisotopic (exact) mass is 283 g/mol. The molecule has 0 aliphatic carbocycles. The van der Waals surface area contributed by atoms with Crippen LogP contribution < -0.4 is 5.32 Å². The molecule has 0 bridgehead atoms. The van der Waals surface area contributed by atoms with Crippen molar-refractivity contribution < 1.29 is 9.13 Å². The third-order valence-electron chi connectivity index (χ3n) is 4.61. The van der Waals surface area contributed by atoms with E-state index in [4.69, 9.17) is 4.74 Å². The van der Waals surface area contributed by atoms with E-state index in [2.05, 4.69) is 17.4 Å². The fourth-order valence-electron chi connectivity index (χ4n) is 3.65. The molecule has 0 aromatic heterocycles. The summed E-state index contributed by atoms with van der Waals surface area (Å²) in [6.45, 7) is 0.791. The second-order valence-electron chi connectivity index (χ2n) is 5.83. The average molecular weight is 283 g/mol. The Bertz CT molecular complexity index is 657. The van der Waals surface area contributed by atoms with Crippen molar-refractivity contribution in [2.75, 3.05) is 11.9 Å². The summed E-state index contributed by atoms with van der Waals surface area (Å²) in [7, 11) is 0. The summed E-state index contributed by atoms with van der Waals surface area (Å²) in [5.41, 5.74) is 3.01. The van der Waals surface area contributed by atoms with Gasteiger partial charge in [0.15, 0.2) is 0 Å². The molecule has 1 saturated heterocycles. The molecule has 2 aliphatic heterocycles. The van der Waals surface area contributed by atoms with Crippen molar-refractivity contribution >= 4 is 5.69 Å². The van der Waals surface area contributed by atoms with Crippen molar-refractivity contribution in [2.24, 2.45) is 5.92 Å². The standard InChI is InChI=1S/C18H18FNO/c19-15-9-3-1-6-12(15)17-14-8-5-11-21-18(14)13-7-2-4-10-16(13)20-17/h1-4,6-7,9-10,14,17-18,20H,5,8,11H2/t14-,17?,18+/m0/s1. The lowest BCUT2D eigenvalue weighted by molar-refractivity contribution is -0.0384. The summed E-state index contributed by atoms with van der Waals surface area (Å²) in [5, 5.41) is 3.53. The van der Waals surface area contributed by atoms with Crippen LogP contribution in [0, 0.1) is 11.7 Å². The van der Waals surface area contributed by atoms with E-state index < -0.39 is 0 Å². The first-order valence-corrected chi connectivity index (χ1v) is 7.56. The van der Waals surface area contributed by atoms with Crippen molar-refractivity contribution in [3.8, 4) is 0 Å². The third kappa shape index (κ3) is 2.12. The highest BCUT2D eigenvalue weighted by molar-refractivity contribution is 5.57. The van der Waals surface area contributed by atoms with Crippen LogP contribution in [-0.2, 0) is 4.74 Å². The summed E-state index contributed by atoms with van der Waals surface area (Å²) < 4.78 is 20.3. The highest BCUT2D eigenvalue weighted by atomic mass is 19.1. The Balaban J connectivity index is 1.80. The zero-order valence-corrected chi connectivity index (χ0v) is 11.8. The molecule has 0 radical (unpaired) electrons. The molecule has 2 aromatic carbocycles. The van der Waals surface area contributed by atoms with Crippen LogP contribution in [0.5, 0.6) is 0 Å². The SMILES string of the molecule is Fc1ccccc1C1Nc2ccccc2[C@H]2OCCC[C@@H]12. The number of rotatable bonds is 1. The van der Waals surface area contributed by atoms with Crippen molar-refractivity contribution in [2.45, 2.75) is 25.0 Å². The molecule has 3 atom stereocenters. The number of benzene rings is 2. The highest BCUT2D eigenvalue weighted by Gasteiger charge is 2.40. The Morgan fingerprint density at radius 2 is 1.76 bits per heavy atom. The molecule has 2 aromatic rings. The Morgan fingerprint density at radius 1 is 1.00 bits per heavy atom. The topological polar surface area (TPSA) is 21.3 Å². The van der Waals surface area contributed by atoms with Crippen LogP contribution in [0.4, 0.5) is 10.1 Å². The number of nitrogens with one attached hydrogen (secondary N) is 1. The number of ether oxygens (including phenoxy) is 1. The maximum absolute atomic E-state index is 14.2. The molecule has 1 unspecified atom stereocenters. The van der Waals surface area contributed by atoms with E-state index in [9.17, 15) is 4.39 Å². The van der Waals surface area contributed by atoms with Gasteiger partial charge in [-0.3, -0.25) is 0 Å². The molecule has 4 rings (SSSR count). The van der Waals surface area contributed by atoms with Crippen LogP contribution >= 0.6 is 0 Å². The van der Waals surface area contributed by atoms with E-state index in [1.165, 1.54) is 11.6 Å². The van der Waals surface area contributed by atoms with Crippen molar-refractivity contribution in [1.82, 2.24) is 0 Å². The van der Waals surface area contributed by atoms with Gasteiger partial charge in [0, 0.05) is 29.3 Å². The van der Waals surface area contributed by atoms with Crippen molar-refractivity contribution in [1.29, 1.82) is 0 Å². The first-order valence-electron chi connectivity index (χ1n) is 7.56. The number of halogens is 1. The van der Waals surface area contributed by atoms with Gasteiger partial charge in [0.25, 0.3) is 0 Å². The molecular formula is C18H18FNO. The Morgan fingerprint density at radius 3 is 2.62 bits per heavy atom. The molecule has 2 heterocycles. The van der Waals surface area contributed by atoms with Gasteiger partial charge in [0.1, 0.15) is 5.82 Å². The normalized spacial score (nSPS) is 27.4. The fourth-order valence-corrected chi connectivity index (χ4v) is 3.65. The second kappa shape index (κ2) is 5.15. The average Bonchev–Trinajstić information content (AvgIpc) is 2.55. The van der Waals surface area contributed by atoms with Gasteiger partial charge < -0.3 is 10.1 Å². The third-order valence-corrected chi connectivity index (χ3v) is 4.61. The molecule has 1 fully saturated rings. The highest BCUT2D eigenvalue weighted by Crippen LogP contribution is 2.49. The molecule has 1 N–H and O–H groups in total. The van der Waals surface area contributed by atoms with Gasteiger partial charge in [-0.15, -0.1) is 0 Å². The predicted molar refractivity (Wildman–Crippen MR) is 80.6 cm³/mol. The van der Waals surface area contributed by atoms with E-state index in [1.807, 2.05) is 24.3 Å². The number of para-hydroxylation sites is 1. The first kappa shape index (κ1) is 12.8. The zero-order chi connectivity index (χ0) is 14.2. The van der Waals surface area contributed by atoms with Gasteiger partial charge >= 0.3 is 0 Å². The van der Waals surface area contributed by atoms with E-state index in [-0.39, 0.29) is 23.9 Å². The van der Waals surface area contributed by atoms with Crippen molar-refractivity contribution in [3.05, 3.63) is 65.5 Å². The lowest BCUT2D eigenvalue weighted by atomic mass is 9.77. The minimum Gasteiger partial charge on any atom is -0.377 e. The lowest BCUT2D eigenvalue weighted by Gasteiger charge is -2.43. The number of fused-ring (bicyclic) bond motifs is 3. The molecule has 2 aliphatic rings. The minimum atomic E-state index is -0.140. The molecule has 0 saturated carbocycles. The largest absolute Gasteiger partial charge is 0.377 e. The smallest absolute Gasteiger partial charge is 0.128 e. The molecule has 21 heavy (non-hydrogen) atoms. The summed E-state index contributed by atoms with van der Waals surface area (Å²) in [6, 6.07) is 15.3. The molecule has 0 amide bonds. The molecule has 0 spiro atoms. The van der Waals surface area contributed by atoms with Gasteiger partial charge in [-0.05, 0) is 25.0 Å². The van der Waals surface area contributed by atoms with E-state index in [0.29, 0.717) is 0 Å². The fraction of sp³-hybridized carbons (Fsp3) is 0.333. The number of hydrogen-bond donors (Lipinski definition) is 1. The molecule has 2 nitrogen and oxygen atoms in total. The van der Waals surface area contributed by atoms with Crippen LogP contribution in [0.15, 0.2) is 48.5 Å². The first-order chi connectivity index (χ1) is 10.3. The Hall–Kier alpha value is -1.87. The molecule has 108 valence electrons. The van der Waals surface area contributed by atoms with Gasteiger partial charge in [-0.2, -0.15) is 0 Å². The molecule has 3 heteroatoms. The number of hydrogen-bond acceptors (Lipinski definition) is 2. The lowest BCUT2D eigenvalue weighted by Crippen LogP contribution is -2.36. The number of anilines is 1. The molecular weight excluding hydrogens is 265 g/mol. The van der Waals surface area contributed by atoms with Gasteiger partial charge in [0.05, 0.1) is 12.1 Å². The summed E-state index contributed by atoms with van der Waals surface area (Å²) in [6.07, 6.45) is 2.17. The predicted octanol–water partition coefficient (Wildman–Crippen LogP) is 4.46. The maximum Gasteiger partial charge on any atom is 0.128 e. The summed E-state index contributed by atoms with van der Waals surface area (Å²) >= 11 is 0. The van der Waals surface area contributed by atoms with Crippen LogP contribution in [0.25, 0.3) is 0 Å². The van der Waals surface area contributed by atoms with E-state index in [1.54, 1.807) is 6.07 Å². The Labute approximate surface area is 123 Å². The minimum absolute atomic E-state index is 0.0219. The zero-order valence-electron chi connectivity index (χ0n) is 11.8. The van der Waals surface area contributed by atoms with Gasteiger partial charge in [-0.25, -0.2) is 4.39 Å². The van der Waals surface area contributed by atoms with E-state index >= 15 is 0 Å². The van der Waals surface area contributed by atoms with Crippen molar-refractivity contribution in [3.63, 3.8) is 0 Å². The maximum atomic E-state index is 14.2. The second-order valence-corrected chi connectivity index (χ2v) is 5.83. The van der Waals surface area contributed by atoms with Crippen LogP contribution in [-0.4, -0.2) is 6.61 Å². The van der Waals surface area contributed by atoms with Crippen LogP contribution in [0.3, 0.4) is 0 Å². The summed E-state index contributed by atoms with van der Waals surface area (Å²) in [4.78, 5) is 0.